The normalized spacial score (nSPS) is 11.9. The first-order chi connectivity index (χ1) is 19.1. The van der Waals surface area contributed by atoms with Crippen LogP contribution in [-0.4, -0.2) is 34.5 Å². The van der Waals surface area contributed by atoms with Gasteiger partial charge in [-0.05, 0) is 41.8 Å². The SMILES string of the molecule is COc1cccc2oc(-c3nc4ccccc4c(=O)n3N=Cc3cc(Br)cc([N+](=O)[O-])c3OCC(C)(C)C)cc12. The van der Waals surface area contributed by atoms with Gasteiger partial charge in [-0.2, -0.15) is 9.78 Å². The molecule has 0 saturated heterocycles. The molecule has 10 nitrogen and oxygen atoms in total. The summed E-state index contributed by atoms with van der Waals surface area (Å²) in [4.78, 5) is 29.7. The lowest BCUT2D eigenvalue weighted by molar-refractivity contribution is -0.386. The molecule has 0 fully saturated rings. The van der Waals surface area contributed by atoms with Gasteiger partial charge in [-0.1, -0.05) is 54.9 Å². The number of nitro benzene ring substituents is 1. The smallest absolute Gasteiger partial charge is 0.312 e. The molecule has 0 aliphatic carbocycles. The Kier molecular flexibility index (Phi) is 7.16. The molecule has 0 saturated carbocycles. The molecule has 0 radical (unpaired) electrons. The van der Waals surface area contributed by atoms with Gasteiger partial charge < -0.3 is 13.9 Å². The lowest BCUT2D eigenvalue weighted by Gasteiger charge is -2.19. The number of nitrogens with zero attached hydrogens (tertiary/aromatic N) is 4. The van der Waals surface area contributed by atoms with E-state index in [1.165, 1.54) is 12.3 Å². The van der Waals surface area contributed by atoms with Crippen LogP contribution >= 0.6 is 15.9 Å². The van der Waals surface area contributed by atoms with Crippen molar-refractivity contribution in [3.8, 4) is 23.1 Å². The van der Waals surface area contributed by atoms with Gasteiger partial charge in [0.15, 0.2) is 5.76 Å². The molecule has 5 aromatic rings. The maximum atomic E-state index is 13.7. The van der Waals surface area contributed by atoms with E-state index in [1.54, 1.807) is 61.7 Å². The van der Waals surface area contributed by atoms with Gasteiger partial charge in [0.2, 0.25) is 11.6 Å². The van der Waals surface area contributed by atoms with Crippen LogP contribution in [0.1, 0.15) is 26.3 Å². The molecule has 0 amide bonds. The second kappa shape index (κ2) is 10.6. The van der Waals surface area contributed by atoms with Crippen LogP contribution in [0.5, 0.6) is 11.5 Å². The maximum absolute atomic E-state index is 13.7. The van der Waals surface area contributed by atoms with E-state index in [-0.39, 0.29) is 29.3 Å². The highest BCUT2D eigenvalue weighted by molar-refractivity contribution is 9.10. The van der Waals surface area contributed by atoms with Crippen molar-refractivity contribution >= 4 is 49.7 Å². The summed E-state index contributed by atoms with van der Waals surface area (Å²) >= 11 is 3.33. The van der Waals surface area contributed by atoms with Crippen LogP contribution in [0, 0.1) is 15.5 Å². The fourth-order valence-corrected chi connectivity index (χ4v) is 4.57. The van der Waals surface area contributed by atoms with Crippen molar-refractivity contribution in [1.29, 1.82) is 0 Å². The van der Waals surface area contributed by atoms with Gasteiger partial charge in [0.05, 0.1) is 41.1 Å². The van der Waals surface area contributed by atoms with Crippen molar-refractivity contribution in [2.75, 3.05) is 13.7 Å². The number of aromatic nitrogens is 2. The van der Waals surface area contributed by atoms with Crippen LogP contribution < -0.4 is 15.0 Å². The molecule has 0 atom stereocenters. The van der Waals surface area contributed by atoms with E-state index in [4.69, 9.17) is 13.9 Å². The molecular formula is C29H25BrN4O6. The first kappa shape index (κ1) is 27.1. The first-order valence-corrected chi connectivity index (χ1v) is 13.1. The maximum Gasteiger partial charge on any atom is 0.312 e. The highest BCUT2D eigenvalue weighted by Gasteiger charge is 2.23. The lowest BCUT2D eigenvalue weighted by atomic mass is 9.98. The third kappa shape index (κ3) is 5.32. The van der Waals surface area contributed by atoms with Gasteiger partial charge in [0.25, 0.3) is 5.56 Å². The highest BCUT2D eigenvalue weighted by atomic mass is 79.9. The number of para-hydroxylation sites is 1. The zero-order valence-electron chi connectivity index (χ0n) is 22.2. The summed E-state index contributed by atoms with van der Waals surface area (Å²) in [7, 11) is 1.56. The zero-order chi connectivity index (χ0) is 28.6. The third-order valence-corrected chi connectivity index (χ3v) is 6.39. The summed E-state index contributed by atoms with van der Waals surface area (Å²) in [5.74, 6) is 1.10. The highest BCUT2D eigenvalue weighted by Crippen LogP contribution is 2.36. The Morgan fingerprint density at radius 1 is 1.12 bits per heavy atom. The minimum absolute atomic E-state index is 0.0451. The Morgan fingerprint density at radius 2 is 1.90 bits per heavy atom. The third-order valence-electron chi connectivity index (χ3n) is 5.94. The summed E-state index contributed by atoms with van der Waals surface area (Å²) in [5, 5.41) is 17.4. The van der Waals surface area contributed by atoms with E-state index in [2.05, 4.69) is 26.0 Å². The Bertz CT molecular complexity index is 1850. The Balaban J connectivity index is 1.72. The van der Waals surface area contributed by atoms with Gasteiger partial charge >= 0.3 is 5.69 Å². The van der Waals surface area contributed by atoms with Crippen LogP contribution in [0.2, 0.25) is 0 Å². The summed E-state index contributed by atoms with van der Waals surface area (Å²) in [5.41, 5.74) is 0.396. The standard InChI is InChI=1S/C29H25BrN4O6/c1-29(2,3)16-39-26-17(12-18(30)13-22(26)34(36)37)15-31-33-27(32-21-9-6-5-8-19(21)28(33)35)25-14-20-23(38-4)10-7-11-24(20)40-25/h5-15H,16H2,1-4H3. The summed E-state index contributed by atoms with van der Waals surface area (Å²) in [6.45, 7) is 6.10. The molecule has 0 spiro atoms. The predicted octanol–water partition coefficient (Wildman–Crippen LogP) is 6.80. The van der Waals surface area contributed by atoms with Crippen molar-refractivity contribution < 1.29 is 18.8 Å². The quantitative estimate of drug-likeness (QED) is 0.114. The van der Waals surface area contributed by atoms with Gasteiger partial charge in [0.1, 0.15) is 11.3 Å². The first-order valence-electron chi connectivity index (χ1n) is 12.3. The summed E-state index contributed by atoms with van der Waals surface area (Å²) < 4.78 is 19.0. The average molecular weight is 605 g/mol. The van der Waals surface area contributed by atoms with Crippen molar-refractivity contribution in [2.24, 2.45) is 10.5 Å². The molecule has 11 heteroatoms. The number of hydrogen-bond donors (Lipinski definition) is 0. The number of halogens is 1. The molecule has 0 aliphatic rings. The van der Waals surface area contributed by atoms with E-state index >= 15 is 0 Å². The van der Waals surface area contributed by atoms with Crippen molar-refractivity contribution in [2.45, 2.75) is 20.8 Å². The van der Waals surface area contributed by atoms with Crippen molar-refractivity contribution in [3.63, 3.8) is 0 Å². The number of rotatable bonds is 7. The summed E-state index contributed by atoms with van der Waals surface area (Å²) in [6.07, 6.45) is 1.35. The van der Waals surface area contributed by atoms with E-state index in [0.29, 0.717) is 43.4 Å². The molecule has 0 unspecified atom stereocenters. The largest absolute Gasteiger partial charge is 0.496 e. The Labute approximate surface area is 237 Å². The Hall–Kier alpha value is -4.51. The van der Waals surface area contributed by atoms with Crippen LogP contribution in [0.25, 0.3) is 33.5 Å². The fraction of sp³-hybridized carbons (Fsp3) is 0.207. The van der Waals surface area contributed by atoms with Crippen LogP contribution in [0.4, 0.5) is 5.69 Å². The number of fused-ring (bicyclic) bond motifs is 2. The number of ether oxygens (including phenoxy) is 2. The van der Waals surface area contributed by atoms with E-state index in [9.17, 15) is 14.9 Å². The van der Waals surface area contributed by atoms with Crippen LogP contribution in [-0.2, 0) is 0 Å². The van der Waals surface area contributed by atoms with Gasteiger partial charge in [-0.25, -0.2) is 4.98 Å². The van der Waals surface area contributed by atoms with E-state index < -0.39 is 10.5 Å². The molecule has 3 aromatic carbocycles. The molecule has 40 heavy (non-hydrogen) atoms. The molecular weight excluding hydrogens is 580 g/mol. The topological polar surface area (TPSA) is 122 Å². The summed E-state index contributed by atoms with van der Waals surface area (Å²) in [6, 6.07) is 17.0. The van der Waals surface area contributed by atoms with Crippen LogP contribution in [0.3, 0.4) is 0 Å². The molecule has 5 rings (SSSR count). The number of hydrogen-bond acceptors (Lipinski definition) is 8. The van der Waals surface area contributed by atoms with E-state index in [0.717, 1.165) is 4.68 Å². The number of benzene rings is 3. The molecule has 2 aromatic heterocycles. The van der Waals surface area contributed by atoms with Crippen molar-refractivity contribution in [3.05, 3.63) is 91.2 Å². The second-order valence-corrected chi connectivity index (χ2v) is 11.2. The monoisotopic (exact) mass is 604 g/mol. The molecule has 0 bridgehead atoms. The van der Waals surface area contributed by atoms with Gasteiger partial charge in [-0.15, -0.1) is 0 Å². The second-order valence-electron chi connectivity index (χ2n) is 10.2. The van der Waals surface area contributed by atoms with E-state index in [1.807, 2.05) is 20.8 Å². The minimum atomic E-state index is -0.517. The zero-order valence-corrected chi connectivity index (χ0v) is 23.8. The van der Waals surface area contributed by atoms with Crippen molar-refractivity contribution in [1.82, 2.24) is 9.66 Å². The molecule has 0 aliphatic heterocycles. The number of methoxy groups -OCH3 is 1. The predicted molar refractivity (Wildman–Crippen MR) is 157 cm³/mol. The van der Waals surface area contributed by atoms with Gasteiger partial charge in [0, 0.05) is 16.1 Å². The molecule has 204 valence electrons. The number of nitro groups is 1. The van der Waals surface area contributed by atoms with Crippen LogP contribution in [0.15, 0.2) is 79.4 Å². The van der Waals surface area contributed by atoms with Gasteiger partial charge in [-0.3, -0.25) is 14.9 Å². The average Bonchev–Trinajstić information content (AvgIpc) is 3.35. The molecule has 2 heterocycles. The number of furan rings is 1. The minimum Gasteiger partial charge on any atom is -0.496 e. The molecule has 0 N–H and O–H groups in total. The lowest BCUT2D eigenvalue weighted by Crippen LogP contribution is -2.20. The Morgan fingerprint density at radius 3 is 2.62 bits per heavy atom. The fourth-order valence-electron chi connectivity index (χ4n) is 4.11.